The molecule has 1 aliphatic rings. The van der Waals surface area contributed by atoms with Crippen molar-refractivity contribution in [2.75, 3.05) is 0 Å². The Bertz CT molecular complexity index is 647. The molecule has 21 heavy (non-hydrogen) atoms. The maximum atomic E-state index is 10.9. The minimum Gasteiger partial charge on any atom is -0.478 e. The summed E-state index contributed by atoms with van der Waals surface area (Å²) in [7, 11) is 0. The van der Waals surface area contributed by atoms with Crippen molar-refractivity contribution < 1.29 is 19.4 Å². The van der Waals surface area contributed by atoms with E-state index in [1.165, 1.54) is 17.7 Å². The molecule has 2 aromatic rings. The number of carboxylic acids is 1. The van der Waals surface area contributed by atoms with Gasteiger partial charge in [-0.25, -0.2) is 4.79 Å². The second-order valence-electron chi connectivity index (χ2n) is 4.76. The lowest BCUT2D eigenvalue weighted by atomic mass is 10.0. The third-order valence-corrected chi connectivity index (χ3v) is 3.07. The molecule has 4 heteroatoms. The molecule has 2 aromatic carbocycles. The van der Waals surface area contributed by atoms with E-state index in [-0.39, 0.29) is 11.5 Å². The average Bonchev–Trinajstić information content (AvgIpc) is 2.48. The van der Waals surface area contributed by atoms with Crippen molar-refractivity contribution in [1.29, 1.82) is 0 Å². The molecule has 0 unspecified atom stereocenters. The first-order valence-corrected chi connectivity index (χ1v) is 6.65. The van der Waals surface area contributed by atoms with Crippen LogP contribution in [0.4, 0.5) is 0 Å². The molecule has 0 fully saturated rings. The van der Waals surface area contributed by atoms with Gasteiger partial charge in [0.15, 0.2) is 0 Å². The maximum absolute atomic E-state index is 10.9. The van der Waals surface area contributed by atoms with E-state index in [1.807, 2.05) is 18.2 Å². The van der Waals surface area contributed by atoms with Gasteiger partial charge in [0.1, 0.15) is 5.75 Å². The highest BCUT2D eigenvalue weighted by molar-refractivity contribution is 5.88. The lowest BCUT2D eigenvalue weighted by molar-refractivity contribution is -0.135. The molecule has 0 spiro atoms. The van der Waals surface area contributed by atoms with E-state index in [0.29, 0.717) is 18.6 Å². The van der Waals surface area contributed by atoms with Crippen molar-refractivity contribution in [1.82, 2.24) is 0 Å². The number of aromatic carboxylic acids is 1. The van der Waals surface area contributed by atoms with E-state index in [0.717, 1.165) is 5.56 Å². The summed E-state index contributed by atoms with van der Waals surface area (Å²) in [5, 5.41) is 8.73. The van der Waals surface area contributed by atoms with Gasteiger partial charge >= 0.3 is 11.9 Å². The minimum absolute atomic E-state index is 0.224. The van der Waals surface area contributed by atoms with Crippen LogP contribution in [0.2, 0.25) is 0 Å². The Morgan fingerprint density at radius 3 is 2.38 bits per heavy atom. The van der Waals surface area contributed by atoms with Gasteiger partial charge in [0.2, 0.25) is 0 Å². The van der Waals surface area contributed by atoms with Crippen molar-refractivity contribution in [2.45, 2.75) is 19.8 Å². The monoisotopic (exact) mass is 284 g/mol. The molecular weight excluding hydrogens is 268 g/mol. The SMILES string of the molecule is Cc1ccccc1.O=C1CCc2cc(C(=O)O)ccc2O1. The highest BCUT2D eigenvalue weighted by Crippen LogP contribution is 2.25. The average molecular weight is 284 g/mol. The van der Waals surface area contributed by atoms with E-state index in [9.17, 15) is 9.59 Å². The van der Waals surface area contributed by atoms with Crippen LogP contribution in [0.3, 0.4) is 0 Å². The van der Waals surface area contributed by atoms with E-state index < -0.39 is 5.97 Å². The Hall–Kier alpha value is -2.62. The van der Waals surface area contributed by atoms with Crippen LogP contribution in [0.25, 0.3) is 0 Å². The fourth-order valence-electron chi connectivity index (χ4n) is 1.95. The van der Waals surface area contributed by atoms with Crippen LogP contribution in [0.15, 0.2) is 48.5 Å². The summed E-state index contributed by atoms with van der Waals surface area (Å²) in [6.45, 7) is 2.08. The van der Waals surface area contributed by atoms with Gasteiger partial charge in [0.05, 0.1) is 12.0 Å². The maximum Gasteiger partial charge on any atom is 0.335 e. The Morgan fingerprint density at radius 1 is 1.10 bits per heavy atom. The number of ether oxygens (including phenoxy) is 1. The zero-order chi connectivity index (χ0) is 15.2. The van der Waals surface area contributed by atoms with Crippen LogP contribution in [-0.2, 0) is 11.2 Å². The second kappa shape index (κ2) is 6.70. The van der Waals surface area contributed by atoms with Crippen LogP contribution in [0.5, 0.6) is 5.75 Å². The highest BCUT2D eigenvalue weighted by atomic mass is 16.5. The molecule has 108 valence electrons. The molecular formula is C17H16O4. The van der Waals surface area contributed by atoms with E-state index in [2.05, 4.69) is 19.1 Å². The van der Waals surface area contributed by atoms with Crippen molar-refractivity contribution >= 4 is 11.9 Å². The number of fused-ring (bicyclic) bond motifs is 1. The van der Waals surface area contributed by atoms with Crippen LogP contribution >= 0.6 is 0 Å². The number of esters is 1. The van der Waals surface area contributed by atoms with Crippen molar-refractivity contribution in [3.8, 4) is 5.75 Å². The van der Waals surface area contributed by atoms with Crippen LogP contribution < -0.4 is 4.74 Å². The smallest absolute Gasteiger partial charge is 0.335 e. The number of hydrogen-bond acceptors (Lipinski definition) is 3. The van der Waals surface area contributed by atoms with Gasteiger partial charge in [-0.2, -0.15) is 0 Å². The standard InChI is InChI=1S/C10H8O4.C7H8/c11-9-4-2-6-5-7(10(12)13)1-3-8(6)14-9;1-7-5-3-2-4-6-7/h1,3,5H,2,4H2,(H,12,13);2-6H,1H3. The summed E-state index contributed by atoms with van der Waals surface area (Å²) >= 11 is 0. The normalized spacial score (nSPS) is 12.5. The largest absolute Gasteiger partial charge is 0.478 e. The van der Waals surface area contributed by atoms with Gasteiger partial charge in [-0.15, -0.1) is 0 Å². The summed E-state index contributed by atoms with van der Waals surface area (Å²) in [6, 6.07) is 14.8. The summed E-state index contributed by atoms with van der Waals surface area (Å²) in [5.41, 5.74) is 2.33. The summed E-state index contributed by atoms with van der Waals surface area (Å²) in [4.78, 5) is 21.5. The Balaban J connectivity index is 0.000000194. The van der Waals surface area contributed by atoms with Gasteiger partial charge in [0.25, 0.3) is 0 Å². The lowest BCUT2D eigenvalue weighted by Gasteiger charge is -2.15. The topological polar surface area (TPSA) is 63.6 Å². The predicted octanol–water partition coefficient (Wildman–Crippen LogP) is 3.23. The second-order valence-corrected chi connectivity index (χ2v) is 4.76. The first-order chi connectivity index (χ1) is 10.1. The van der Waals surface area contributed by atoms with E-state index in [1.54, 1.807) is 6.07 Å². The molecule has 0 saturated carbocycles. The number of carbonyl (C=O) groups is 2. The molecule has 1 heterocycles. The summed E-state index contributed by atoms with van der Waals surface area (Å²) < 4.78 is 4.93. The molecule has 0 aromatic heterocycles. The van der Waals surface area contributed by atoms with E-state index in [4.69, 9.17) is 9.84 Å². The fourth-order valence-corrected chi connectivity index (χ4v) is 1.95. The molecule has 0 amide bonds. The minimum atomic E-state index is -0.968. The zero-order valence-electron chi connectivity index (χ0n) is 11.7. The van der Waals surface area contributed by atoms with Gasteiger partial charge in [-0.05, 0) is 37.1 Å². The number of benzene rings is 2. The number of carboxylic acid groups (broad SMARTS) is 1. The Labute approximate surface area is 123 Å². The molecule has 1 N–H and O–H groups in total. The third kappa shape index (κ3) is 4.18. The highest BCUT2D eigenvalue weighted by Gasteiger charge is 2.18. The number of rotatable bonds is 1. The molecule has 0 saturated heterocycles. The molecule has 0 atom stereocenters. The van der Waals surface area contributed by atoms with Gasteiger partial charge in [-0.3, -0.25) is 4.79 Å². The van der Waals surface area contributed by atoms with Gasteiger partial charge in [0, 0.05) is 0 Å². The van der Waals surface area contributed by atoms with E-state index >= 15 is 0 Å². The number of carbonyl (C=O) groups excluding carboxylic acids is 1. The lowest BCUT2D eigenvalue weighted by Crippen LogP contribution is -2.16. The third-order valence-electron chi connectivity index (χ3n) is 3.07. The first-order valence-electron chi connectivity index (χ1n) is 6.65. The molecule has 1 aliphatic heterocycles. The van der Waals surface area contributed by atoms with Crippen LogP contribution in [0, 0.1) is 6.92 Å². The van der Waals surface area contributed by atoms with Gasteiger partial charge < -0.3 is 9.84 Å². The van der Waals surface area contributed by atoms with Gasteiger partial charge in [-0.1, -0.05) is 35.9 Å². The molecule has 4 nitrogen and oxygen atoms in total. The predicted molar refractivity (Wildman–Crippen MR) is 78.5 cm³/mol. The Kier molecular flexibility index (Phi) is 4.72. The van der Waals surface area contributed by atoms with Crippen LogP contribution in [0.1, 0.15) is 27.9 Å². The number of aryl methyl sites for hydroxylation is 2. The fraction of sp³-hybridized carbons (Fsp3) is 0.176. The quantitative estimate of drug-likeness (QED) is 0.645. The summed E-state index contributed by atoms with van der Waals surface area (Å²) in [6.07, 6.45) is 0.866. The summed E-state index contributed by atoms with van der Waals surface area (Å²) in [5.74, 6) is -0.753. The molecule has 0 radical (unpaired) electrons. The van der Waals surface area contributed by atoms with Crippen molar-refractivity contribution in [2.24, 2.45) is 0 Å². The molecule has 3 rings (SSSR count). The van der Waals surface area contributed by atoms with Crippen molar-refractivity contribution in [3.05, 3.63) is 65.2 Å². The Morgan fingerprint density at radius 2 is 1.81 bits per heavy atom. The first kappa shape index (κ1) is 14.8. The van der Waals surface area contributed by atoms with Crippen LogP contribution in [-0.4, -0.2) is 17.0 Å². The van der Waals surface area contributed by atoms with Crippen molar-refractivity contribution in [3.63, 3.8) is 0 Å². The molecule has 0 bridgehead atoms. The number of hydrogen-bond donors (Lipinski definition) is 1. The zero-order valence-corrected chi connectivity index (χ0v) is 11.7. The molecule has 0 aliphatic carbocycles.